The third-order valence-electron chi connectivity index (χ3n) is 3.59. The summed E-state index contributed by atoms with van der Waals surface area (Å²) in [6, 6.07) is 18.8. The number of para-hydroxylation sites is 2. The lowest BCUT2D eigenvalue weighted by atomic mass is 10.2. The van der Waals surface area contributed by atoms with Crippen LogP contribution < -0.4 is 0 Å². The van der Waals surface area contributed by atoms with Gasteiger partial charge in [-0.15, -0.1) is 12.4 Å². The minimum atomic E-state index is 0. The minimum absolute atomic E-state index is 0. The number of imidazole rings is 1. The van der Waals surface area contributed by atoms with Gasteiger partial charge in [0.2, 0.25) is 0 Å². The van der Waals surface area contributed by atoms with E-state index in [-0.39, 0.29) is 12.4 Å². The number of hydrogen-bond donors (Lipinski definition) is 0. The van der Waals surface area contributed by atoms with Gasteiger partial charge in [-0.2, -0.15) is 0 Å². The van der Waals surface area contributed by atoms with Crippen molar-refractivity contribution in [2.75, 3.05) is 7.05 Å². The number of aromatic nitrogens is 2. The third-order valence-corrected chi connectivity index (χ3v) is 3.59. The van der Waals surface area contributed by atoms with E-state index in [0.29, 0.717) is 0 Å². The maximum absolute atomic E-state index is 4.72. The summed E-state index contributed by atoms with van der Waals surface area (Å²) in [5, 5.41) is 0. The Morgan fingerprint density at radius 1 is 0.952 bits per heavy atom. The van der Waals surface area contributed by atoms with Crippen LogP contribution in [-0.2, 0) is 20.1 Å². The number of hydrogen-bond acceptors (Lipinski definition) is 2. The molecule has 110 valence electrons. The maximum atomic E-state index is 4.72. The van der Waals surface area contributed by atoms with E-state index < -0.39 is 0 Å². The van der Waals surface area contributed by atoms with Crippen molar-refractivity contribution in [3.05, 3.63) is 66.0 Å². The van der Waals surface area contributed by atoms with Crippen molar-refractivity contribution < 1.29 is 0 Å². The fourth-order valence-corrected chi connectivity index (χ4v) is 2.53. The summed E-state index contributed by atoms with van der Waals surface area (Å²) in [5.41, 5.74) is 3.59. The van der Waals surface area contributed by atoms with Crippen LogP contribution in [0.5, 0.6) is 0 Å². The molecule has 0 aliphatic rings. The quantitative estimate of drug-likeness (QED) is 0.734. The third kappa shape index (κ3) is 3.43. The molecule has 2 aromatic carbocycles. The van der Waals surface area contributed by atoms with Gasteiger partial charge in [0.15, 0.2) is 0 Å². The molecule has 3 rings (SSSR count). The average Bonchev–Trinajstić information content (AvgIpc) is 2.77. The van der Waals surface area contributed by atoms with E-state index in [9.17, 15) is 0 Å². The van der Waals surface area contributed by atoms with Gasteiger partial charge in [-0.05, 0) is 24.7 Å². The molecular weight excluding hydrogens is 282 g/mol. The van der Waals surface area contributed by atoms with Crippen molar-refractivity contribution in [2.45, 2.75) is 13.1 Å². The van der Waals surface area contributed by atoms with E-state index >= 15 is 0 Å². The predicted octanol–water partition coefficient (Wildman–Crippen LogP) is 3.63. The summed E-state index contributed by atoms with van der Waals surface area (Å²) in [4.78, 5) is 7.00. The van der Waals surface area contributed by atoms with Crippen LogP contribution in [0.15, 0.2) is 54.6 Å². The lowest BCUT2D eigenvalue weighted by molar-refractivity contribution is 0.308. The zero-order valence-electron chi connectivity index (χ0n) is 12.4. The average molecular weight is 302 g/mol. The second-order valence-electron chi connectivity index (χ2n) is 5.23. The van der Waals surface area contributed by atoms with Crippen LogP contribution in [-0.4, -0.2) is 21.5 Å². The highest BCUT2D eigenvalue weighted by Gasteiger charge is 2.09. The fourth-order valence-electron chi connectivity index (χ4n) is 2.53. The molecule has 1 heterocycles. The summed E-state index contributed by atoms with van der Waals surface area (Å²) in [5.74, 6) is 1.10. The molecule has 0 N–H and O–H groups in total. The Hall–Kier alpha value is -1.84. The fraction of sp³-hybridized carbons (Fsp3) is 0.235. The molecule has 0 amide bonds. The summed E-state index contributed by atoms with van der Waals surface area (Å²) in [7, 11) is 4.22. The molecule has 0 atom stereocenters. The van der Waals surface area contributed by atoms with E-state index in [0.717, 1.165) is 24.4 Å². The maximum Gasteiger partial charge on any atom is 0.123 e. The zero-order chi connectivity index (χ0) is 13.9. The van der Waals surface area contributed by atoms with E-state index in [1.54, 1.807) is 0 Å². The van der Waals surface area contributed by atoms with Gasteiger partial charge in [0.1, 0.15) is 5.82 Å². The van der Waals surface area contributed by atoms with E-state index in [1.165, 1.54) is 11.1 Å². The molecule has 21 heavy (non-hydrogen) atoms. The normalized spacial score (nSPS) is 10.8. The number of benzene rings is 2. The van der Waals surface area contributed by atoms with Gasteiger partial charge in [-0.3, -0.25) is 4.90 Å². The predicted molar refractivity (Wildman–Crippen MR) is 89.6 cm³/mol. The van der Waals surface area contributed by atoms with Crippen LogP contribution in [0.2, 0.25) is 0 Å². The van der Waals surface area contributed by atoms with Crippen LogP contribution in [0.1, 0.15) is 11.4 Å². The highest BCUT2D eigenvalue weighted by Crippen LogP contribution is 2.15. The highest BCUT2D eigenvalue weighted by molar-refractivity contribution is 5.85. The summed E-state index contributed by atoms with van der Waals surface area (Å²) in [6.07, 6.45) is 0. The molecule has 0 saturated heterocycles. The molecule has 0 fully saturated rings. The first kappa shape index (κ1) is 15.5. The van der Waals surface area contributed by atoms with Crippen molar-refractivity contribution in [2.24, 2.45) is 7.05 Å². The molecule has 0 bridgehead atoms. The molecule has 0 aliphatic heterocycles. The smallest absolute Gasteiger partial charge is 0.123 e. The van der Waals surface area contributed by atoms with Gasteiger partial charge in [0, 0.05) is 13.6 Å². The molecule has 0 spiro atoms. The largest absolute Gasteiger partial charge is 0.330 e. The van der Waals surface area contributed by atoms with Crippen molar-refractivity contribution in [3.63, 3.8) is 0 Å². The van der Waals surface area contributed by atoms with Gasteiger partial charge in [0.05, 0.1) is 17.6 Å². The topological polar surface area (TPSA) is 21.1 Å². The Balaban J connectivity index is 0.00000161. The van der Waals surface area contributed by atoms with Crippen LogP contribution in [0.3, 0.4) is 0 Å². The van der Waals surface area contributed by atoms with Crippen molar-refractivity contribution >= 4 is 23.4 Å². The first-order valence-corrected chi connectivity index (χ1v) is 6.87. The lowest BCUT2D eigenvalue weighted by Gasteiger charge is -2.16. The van der Waals surface area contributed by atoms with Crippen LogP contribution in [0.25, 0.3) is 11.0 Å². The monoisotopic (exact) mass is 301 g/mol. The number of halogens is 1. The van der Waals surface area contributed by atoms with Crippen molar-refractivity contribution in [3.8, 4) is 0 Å². The highest BCUT2D eigenvalue weighted by atomic mass is 35.5. The number of nitrogens with zero attached hydrogens (tertiary/aromatic N) is 3. The van der Waals surface area contributed by atoms with Crippen molar-refractivity contribution in [1.29, 1.82) is 0 Å². The SMILES string of the molecule is CN(Cc1ccccc1)Cc1nc2ccccc2n1C.Cl. The summed E-state index contributed by atoms with van der Waals surface area (Å²) in [6.45, 7) is 1.78. The number of fused-ring (bicyclic) bond motifs is 1. The Morgan fingerprint density at radius 3 is 2.33 bits per heavy atom. The summed E-state index contributed by atoms with van der Waals surface area (Å²) >= 11 is 0. The molecular formula is C17H20ClN3. The van der Waals surface area contributed by atoms with Crippen LogP contribution in [0.4, 0.5) is 0 Å². The molecule has 0 radical (unpaired) electrons. The molecule has 3 aromatic rings. The van der Waals surface area contributed by atoms with Gasteiger partial charge in [-0.1, -0.05) is 42.5 Å². The first-order chi connectivity index (χ1) is 9.74. The Kier molecular flexibility index (Phi) is 4.99. The van der Waals surface area contributed by atoms with Gasteiger partial charge < -0.3 is 4.57 Å². The number of aryl methyl sites for hydroxylation is 1. The molecule has 0 aliphatic carbocycles. The Morgan fingerprint density at radius 2 is 1.62 bits per heavy atom. The lowest BCUT2D eigenvalue weighted by Crippen LogP contribution is -2.19. The van der Waals surface area contributed by atoms with E-state index in [1.807, 2.05) is 6.07 Å². The molecule has 0 unspecified atom stereocenters. The molecule has 3 nitrogen and oxygen atoms in total. The van der Waals surface area contributed by atoms with Gasteiger partial charge in [0.25, 0.3) is 0 Å². The van der Waals surface area contributed by atoms with Crippen molar-refractivity contribution in [1.82, 2.24) is 14.5 Å². The van der Waals surface area contributed by atoms with Gasteiger partial charge in [-0.25, -0.2) is 4.98 Å². The molecule has 4 heteroatoms. The number of rotatable bonds is 4. The molecule has 0 saturated carbocycles. The minimum Gasteiger partial charge on any atom is -0.330 e. The van der Waals surface area contributed by atoms with Crippen LogP contribution in [0, 0.1) is 0 Å². The zero-order valence-corrected chi connectivity index (χ0v) is 13.2. The molecule has 1 aromatic heterocycles. The van der Waals surface area contributed by atoms with E-state index in [2.05, 4.69) is 72.1 Å². The van der Waals surface area contributed by atoms with E-state index in [4.69, 9.17) is 4.98 Å². The second kappa shape index (κ2) is 6.74. The van der Waals surface area contributed by atoms with Crippen LogP contribution >= 0.6 is 12.4 Å². The second-order valence-corrected chi connectivity index (χ2v) is 5.23. The summed E-state index contributed by atoms with van der Waals surface area (Å²) < 4.78 is 2.18. The standard InChI is InChI=1S/C17H19N3.ClH/c1-19(12-14-8-4-3-5-9-14)13-17-18-15-10-6-7-11-16(15)20(17)2;/h3-11H,12-13H2,1-2H3;1H. The van der Waals surface area contributed by atoms with Gasteiger partial charge >= 0.3 is 0 Å². The Bertz CT molecular complexity index is 706. The first-order valence-electron chi connectivity index (χ1n) is 6.87. The Labute approximate surface area is 131 Å².